The van der Waals surface area contributed by atoms with Gasteiger partial charge in [-0.15, -0.1) is 0 Å². The van der Waals surface area contributed by atoms with Crippen LogP contribution in [0, 0.1) is 12.7 Å². The van der Waals surface area contributed by atoms with Gasteiger partial charge in [0, 0.05) is 11.6 Å². The van der Waals surface area contributed by atoms with Crippen LogP contribution in [0.4, 0.5) is 4.39 Å². The molecule has 3 heteroatoms. The molecule has 0 fully saturated rings. The number of nitrogens with one attached hydrogen (secondary N) is 1. The number of nitrogens with zero attached hydrogens (tertiary/aromatic N) is 1. The van der Waals surface area contributed by atoms with E-state index in [2.05, 4.69) is 16.4 Å². The Hall–Kier alpha value is -2.26. The molecule has 2 aromatic carbocycles. The van der Waals surface area contributed by atoms with Crippen LogP contribution in [0.1, 0.15) is 22.9 Å². The number of fused-ring (bicyclic) bond motifs is 1. The Balaban J connectivity index is 2.18. The predicted octanol–water partition coefficient (Wildman–Crippen LogP) is 3.99. The van der Waals surface area contributed by atoms with Gasteiger partial charge in [-0.3, -0.25) is 4.98 Å². The van der Waals surface area contributed by atoms with Gasteiger partial charge in [0.1, 0.15) is 5.82 Å². The van der Waals surface area contributed by atoms with Gasteiger partial charge in [-0.2, -0.15) is 0 Å². The summed E-state index contributed by atoms with van der Waals surface area (Å²) in [7, 11) is 1.87. The zero-order valence-electron chi connectivity index (χ0n) is 12.1. The minimum absolute atomic E-state index is 0.134. The maximum absolute atomic E-state index is 13.7. The zero-order chi connectivity index (χ0) is 14.8. The second-order valence-electron chi connectivity index (χ2n) is 5.20. The molecule has 1 N–H and O–H groups in total. The molecule has 3 rings (SSSR count). The predicted molar refractivity (Wildman–Crippen MR) is 83.8 cm³/mol. The molecule has 106 valence electrons. The molecule has 1 atom stereocenters. The maximum atomic E-state index is 13.7. The highest BCUT2D eigenvalue weighted by atomic mass is 19.1. The van der Waals surface area contributed by atoms with Crippen LogP contribution >= 0.6 is 0 Å². The SMILES string of the molecule is CNC(c1cc(C)cc(F)c1)c1nccc2ccccc12. The summed E-state index contributed by atoms with van der Waals surface area (Å²) < 4.78 is 13.7. The van der Waals surface area contributed by atoms with Crippen LogP contribution in [-0.4, -0.2) is 12.0 Å². The fraction of sp³-hybridized carbons (Fsp3) is 0.167. The average molecular weight is 280 g/mol. The summed E-state index contributed by atoms with van der Waals surface area (Å²) in [5.74, 6) is -0.217. The minimum atomic E-state index is -0.217. The van der Waals surface area contributed by atoms with E-state index in [0.717, 1.165) is 27.6 Å². The van der Waals surface area contributed by atoms with E-state index in [4.69, 9.17) is 0 Å². The molecule has 0 radical (unpaired) electrons. The number of hydrogen-bond acceptors (Lipinski definition) is 2. The topological polar surface area (TPSA) is 24.9 Å². The summed E-state index contributed by atoms with van der Waals surface area (Å²) in [6.07, 6.45) is 1.80. The molecule has 0 aliphatic rings. The Bertz CT molecular complexity index is 758. The van der Waals surface area contributed by atoms with Gasteiger partial charge < -0.3 is 5.32 Å². The van der Waals surface area contributed by atoms with Crippen molar-refractivity contribution in [1.29, 1.82) is 0 Å². The van der Waals surface area contributed by atoms with E-state index in [1.165, 1.54) is 6.07 Å². The molecular weight excluding hydrogens is 263 g/mol. The number of hydrogen-bond donors (Lipinski definition) is 1. The number of rotatable bonds is 3. The van der Waals surface area contributed by atoms with Gasteiger partial charge in [-0.25, -0.2) is 4.39 Å². The quantitative estimate of drug-likeness (QED) is 0.784. The molecule has 1 aromatic heterocycles. The van der Waals surface area contributed by atoms with E-state index in [-0.39, 0.29) is 11.9 Å². The van der Waals surface area contributed by atoms with E-state index in [1.807, 2.05) is 44.3 Å². The Morgan fingerprint density at radius 1 is 1.10 bits per heavy atom. The van der Waals surface area contributed by atoms with Gasteiger partial charge in [-0.1, -0.05) is 30.3 Å². The Morgan fingerprint density at radius 3 is 2.67 bits per heavy atom. The van der Waals surface area contributed by atoms with Gasteiger partial charge in [0.05, 0.1) is 11.7 Å². The molecular formula is C18H17FN2. The normalized spacial score (nSPS) is 12.5. The van der Waals surface area contributed by atoms with Crippen LogP contribution in [0.15, 0.2) is 54.7 Å². The fourth-order valence-electron chi connectivity index (χ4n) is 2.77. The van der Waals surface area contributed by atoms with Crippen molar-refractivity contribution in [3.63, 3.8) is 0 Å². The monoisotopic (exact) mass is 280 g/mol. The lowest BCUT2D eigenvalue weighted by molar-refractivity contribution is 0.613. The Labute approximate surface area is 123 Å². The van der Waals surface area contributed by atoms with E-state index < -0.39 is 0 Å². The van der Waals surface area contributed by atoms with Crippen LogP contribution in [0.3, 0.4) is 0 Å². The first-order chi connectivity index (χ1) is 10.2. The number of aryl methyl sites for hydroxylation is 1. The smallest absolute Gasteiger partial charge is 0.123 e. The number of benzene rings is 2. The standard InChI is InChI=1S/C18H17FN2/c1-12-9-14(11-15(19)10-12)17(20-2)18-16-6-4-3-5-13(16)7-8-21-18/h3-11,17,20H,1-2H3. The number of pyridine rings is 1. The zero-order valence-corrected chi connectivity index (χ0v) is 12.1. The van der Waals surface area contributed by atoms with Crippen molar-refractivity contribution in [2.24, 2.45) is 0 Å². The average Bonchev–Trinajstić information content (AvgIpc) is 2.47. The Kier molecular flexibility index (Phi) is 3.67. The molecule has 0 aliphatic heterocycles. The van der Waals surface area contributed by atoms with Gasteiger partial charge in [0.2, 0.25) is 0 Å². The fourth-order valence-corrected chi connectivity index (χ4v) is 2.77. The maximum Gasteiger partial charge on any atom is 0.123 e. The Morgan fingerprint density at radius 2 is 1.90 bits per heavy atom. The first kappa shape index (κ1) is 13.7. The largest absolute Gasteiger partial charge is 0.308 e. The molecule has 3 aromatic rings. The van der Waals surface area contributed by atoms with Crippen LogP contribution in [0.5, 0.6) is 0 Å². The van der Waals surface area contributed by atoms with Gasteiger partial charge in [0.15, 0.2) is 0 Å². The van der Waals surface area contributed by atoms with Crippen LogP contribution in [0.25, 0.3) is 10.8 Å². The molecule has 21 heavy (non-hydrogen) atoms. The summed E-state index contributed by atoms with van der Waals surface area (Å²) in [5.41, 5.74) is 2.71. The lowest BCUT2D eigenvalue weighted by Gasteiger charge is -2.18. The van der Waals surface area contributed by atoms with E-state index in [0.29, 0.717) is 0 Å². The summed E-state index contributed by atoms with van der Waals surface area (Å²) in [5, 5.41) is 5.47. The molecule has 0 bridgehead atoms. The second kappa shape index (κ2) is 5.62. The van der Waals surface area contributed by atoms with Crippen LogP contribution in [-0.2, 0) is 0 Å². The molecule has 1 unspecified atom stereocenters. The van der Waals surface area contributed by atoms with Crippen LogP contribution in [0.2, 0.25) is 0 Å². The highest BCUT2D eigenvalue weighted by Gasteiger charge is 2.17. The van der Waals surface area contributed by atoms with E-state index >= 15 is 0 Å². The van der Waals surface area contributed by atoms with Gasteiger partial charge >= 0.3 is 0 Å². The van der Waals surface area contributed by atoms with Crippen molar-refractivity contribution in [1.82, 2.24) is 10.3 Å². The first-order valence-electron chi connectivity index (χ1n) is 6.97. The molecule has 0 saturated carbocycles. The highest BCUT2D eigenvalue weighted by Crippen LogP contribution is 2.27. The molecule has 2 nitrogen and oxygen atoms in total. The third-order valence-electron chi connectivity index (χ3n) is 3.66. The molecule has 0 spiro atoms. The first-order valence-corrected chi connectivity index (χ1v) is 6.97. The van der Waals surface area contributed by atoms with Gasteiger partial charge in [0.25, 0.3) is 0 Å². The van der Waals surface area contributed by atoms with Crippen molar-refractivity contribution >= 4 is 10.8 Å². The summed E-state index contributed by atoms with van der Waals surface area (Å²) in [4.78, 5) is 4.53. The highest BCUT2D eigenvalue weighted by molar-refractivity contribution is 5.85. The molecule has 0 amide bonds. The molecule has 1 heterocycles. The van der Waals surface area contributed by atoms with Crippen molar-refractivity contribution in [3.8, 4) is 0 Å². The minimum Gasteiger partial charge on any atom is -0.308 e. The summed E-state index contributed by atoms with van der Waals surface area (Å²) >= 11 is 0. The van der Waals surface area contributed by atoms with Crippen LogP contribution < -0.4 is 5.32 Å². The van der Waals surface area contributed by atoms with Crippen molar-refractivity contribution < 1.29 is 4.39 Å². The van der Waals surface area contributed by atoms with Gasteiger partial charge in [-0.05, 0) is 48.7 Å². The molecule has 0 aliphatic carbocycles. The van der Waals surface area contributed by atoms with E-state index in [9.17, 15) is 4.39 Å². The third kappa shape index (κ3) is 2.65. The summed E-state index contributed by atoms with van der Waals surface area (Å²) in [6.45, 7) is 1.90. The molecule has 0 saturated heterocycles. The van der Waals surface area contributed by atoms with E-state index in [1.54, 1.807) is 12.3 Å². The van der Waals surface area contributed by atoms with Crippen molar-refractivity contribution in [2.75, 3.05) is 7.05 Å². The lowest BCUT2D eigenvalue weighted by atomic mass is 9.97. The lowest BCUT2D eigenvalue weighted by Crippen LogP contribution is -2.19. The van der Waals surface area contributed by atoms with Crippen molar-refractivity contribution in [3.05, 3.63) is 77.4 Å². The van der Waals surface area contributed by atoms with Crippen molar-refractivity contribution in [2.45, 2.75) is 13.0 Å². The third-order valence-corrected chi connectivity index (χ3v) is 3.66. The summed E-state index contributed by atoms with van der Waals surface area (Å²) in [6, 6.07) is 15.1. The number of halogens is 1. The second-order valence-corrected chi connectivity index (χ2v) is 5.20. The number of aromatic nitrogens is 1.